The molecule has 0 unspecified atom stereocenters. The third-order valence-corrected chi connectivity index (χ3v) is 7.54. The summed E-state index contributed by atoms with van der Waals surface area (Å²) in [6.07, 6.45) is 0.306. The summed E-state index contributed by atoms with van der Waals surface area (Å²) in [6, 6.07) is 12.1. The van der Waals surface area contributed by atoms with Crippen molar-refractivity contribution in [1.82, 2.24) is 14.5 Å². The first-order valence-corrected chi connectivity index (χ1v) is 12.9. The molecule has 1 aliphatic rings. The largest absolute Gasteiger partial charge is 0.497 e. The highest BCUT2D eigenvalue weighted by atomic mass is 32.2. The van der Waals surface area contributed by atoms with Gasteiger partial charge in [-0.3, -0.25) is 14.4 Å². The number of benzene rings is 2. The van der Waals surface area contributed by atoms with E-state index in [1.807, 2.05) is 13.8 Å². The van der Waals surface area contributed by atoms with Crippen molar-refractivity contribution in [2.24, 2.45) is 5.92 Å². The molecule has 3 amide bonds. The van der Waals surface area contributed by atoms with Crippen LogP contribution in [0.4, 0.5) is 0 Å². The van der Waals surface area contributed by atoms with Crippen LogP contribution >= 0.6 is 0 Å². The first-order chi connectivity index (χ1) is 16.6. The summed E-state index contributed by atoms with van der Waals surface area (Å²) in [7, 11) is -2.64. The number of hydrogen-bond acceptors (Lipinski definition) is 6. The molecule has 10 heteroatoms. The molecule has 0 bridgehead atoms. The van der Waals surface area contributed by atoms with Crippen molar-refractivity contribution in [1.29, 1.82) is 0 Å². The van der Waals surface area contributed by atoms with E-state index in [4.69, 9.17) is 4.74 Å². The molecule has 1 heterocycles. The number of sulfonamides is 1. The highest BCUT2D eigenvalue weighted by Crippen LogP contribution is 2.30. The molecular formula is C25H31N3O6S. The minimum Gasteiger partial charge on any atom is -0.497 e. The van der Waals surface area contributed by atoms with Crippen LogP contribution in [-0.2, 0) is 26.2 Å². The van der Waals surface area contributed by atoms with E-state index in [-0.39, 0.29) is 28.8 Å². The molecule has 35 heavy (non-hydrogen) atoms. The molecule has 0 saturated carbocycles. The SMILES string of the molecule is CC[C@@H](C(=O)NCC(C)C)N(Cc1cccc(OC)c1)C(=O)CN1C(=O)c2ccccc2S1(=O)=O. The van der Waals surface area contributed by atoms with E-state index in [0.29, 0.717) is 28.6 Å². The molecule has 0 saturated heterocycles. The second-order valence-corrected chi connectivity index (χ2v) is 10.6. The fourth-order valence-corrected chi connectivity index (χ4v) is 5.43. The summed E-state index contributed by atoms with van der Waals surface area (Å²) in [4.78, 5) is 40.6. The first-order valence-electron chi connectivity index (χ1n) is 11.5. The summed E-state index contributed by atoms with van der Waals surface area (Å²) < 4.78 is 31.8. The quantitative estimate of drug-likeness (QED) is 0.535. The molecule has 0 aromatic heterocycles. The number of hydrogen-bond donors (Lipinski definition) is 1. The lowest BCUT2D eigenvalue weighted by molar-refractivity contribution is -0.141. The van der Waals surface area contributed by atoms with Crippen molar-refractivity contribution in [3.05, 3.63) is 59.7 Å². The van der Waals surface area contributed by atoms with Gasteiger partial charge in [0.25, 0.3) is 15.9 Å². The lowest BCUT2D eigenvalue weighted by Crippen LogP contribution is -2.52. The smallest absolute Gasteiger partial charge is 0.269 e. The zero-order chi connectivity index (χ0) is 25.8. The summed E-state index contributed by atoms with van der Waals surface area (Å²) in [6.45, 7) is 5.47. The van der Waals surface area contributed by atoms with E-state index in [2.05, 4.69) is 5.32 Å². The third-order valence-electron chi connectivity index (χ3n) is 5.75. The molecule has 0 spiro atoms. The lowest BCUT2D eigenvalue weighted by atomic mass is 10.1. The Morgan fingerprint density at radius 3 is 2.46 bits per heavy atom. The zero-order valence-corrected chi connectivity index (χ0v) is 21.2. The Bertz CT molecular complexity index is 1210. The Morgan fingerprint density at radius 1 is 1.11 bits per heavy atom. The average Bonchev–Trinajstić information content (AvgIpc) is 3.03. The van der Waals surface area contributed by atoms with Gasteiger partial charge >= 0.3 is 0 Å². The predicted molar refractivity (Wildman–Crippen MR) is 130 cm³/mol. The van der Waals surface area contributed by atoms with Crippen LogP contribution in [0.5, 0.6) is 5.75 Å². The molecular weight excluding hydrogens is 470 g/mol. The van der Waals surface area contributed by atoms with E-state index < -0.39 is 34.4 Å². The van der Waals surface area contributed by atoms with Gasteiger partial charge in [0.2, 0.25) is 11.8 Å². The number of nitrogens with zero attached hydrogens (tertiary/aromatic N) is 2. The summed E-state index contributed by atoms with van der Waals surface area (Å²) in [5, 5.41) is 2.85. The van der Waals surface area contributed by atoms with Crippen LogP contribution in [0.1, 0.15) is 43.1 Å². The topological polar surface area (TPSA) is 113 Å². The van der Waals surface area contributed by atoms with Gasteiger partial charge in [-0.1, -0.05) is 45.0 Å². The Morgan fingerprint density at radius 2 is 1.83 bits per heavy atom. The van der Waals surface area contributed by atoms with Gasteiger partial charge in [-0.15, -0.1) is 0 Å². The monoisotopic (exact) mass is 501 g/mol. The van der Waals surface area contributed by atoms with Gasteiger partial charge in [-0.2, -0.15) is 0 Å². The average molecular weight is 502 g/mol. The number of amides is 3. The van der Waals surface area contributed by atoms with Gasteiger partial charge in [-0.25, -0.2) is 12.7 Å². The van der Waals surface area contributed by atoms with E-state index >= 15 is 0 Å². The van der Waals surface area contributed by atoms with Crippen LogP contribution in [0.3, 0.4) is 0 Å². The van der Waals surface area contributed by atoms with Crippen molar-refractivity contribution in [2.45, 2.75) is 44.7 Å². The van der Waals surface area contributed by atoms with Crippen LogP contribution in [0.15, 0.2) is 53.4 Å². The van der Waals surface area contributed by atoms with Crippen LogP contribution in [0.25, 0.3) is 0 Å². The Balaban J connectivity index is 1.92. The number of carbonyl (C=O) groups excluding carboxylic acids is 3. The van der Waals surface area contributed by atoms with Gasteiger partial charge in [0.1, 0.15) is 23.2 Å². The fourth-order valence-electron chi connectivity index (χ4n) is 3.91. The number of fused-ring (bicyclic) bond motifs is 1. The molecule has 9 nitrogen and oxygen atoms in total. The van der Waals surface area contributed by atoms with Crippen molar-refractivity contribution >= 4 is 27.7 Å². The van der Waals surface area contributed by atoms with Crippen molar-refractivity contribution in [3.63, 3.8) is 0 Å². The predicted octanol–water partition coefficient (Wildman–Crippen LogP) is 2.42. The minimum atomic E-state index is -4.17. The highest BCUT2D eigenvalue weighted by Gasteiger charge is 2.43. The Kier molecular flexibility index (Phi) is 8.16. The van der Waals surface area contributed by atoms with E-state index in [1.165, 1.54) is 30.2 Å². The molecule has 0 aliphatic carbocycles. The molecule has 3 rings (SSSR count). The molecule has 0 radical (unpaired) electrons. The minimum absolute atomic E-state index is 0.0290. The summed E-state index contributed by atoms with van der Waals surface area (Å²) in [5.74, 6) is -0.946. The normalized spacial score (nSPS) is 15.0. The maximum Gasteiger partial charge on any atom is 0.269 e. The standard InChI is InChI=1S/C25H31N3O6S/c1-5-21(24(30)26-14-17(2)3)27(15-18-9-8-10-19(13-18)34-4)23(29)16-28-25(31)20-11-6-7-12-22(20)35(28,32)33/h6-13,17,21H,5,14-16H2,1-4H3,(H,26,30)/t21-/m0/s1. The Hall–Kier alpha value is -3.40. The van der Waals surface area contributed by atoms with Crippen LogP contribution < -0.4 is 10.1 Å². The maximum atomic E-state index is 13.5. The number of nitrogens with one attached hydrogen (secondary N) is 1. The van der Waals surface area contributed by atoms with Gasteiger partial charge in [0.05, 0.1) is 12.7 Å². The number of methoxy groups -OCH3 is 1. The summed E-state index contributed by atoms with van der Waals surface area (Å²) >= 11 is 0. The van der Waals surface area contributed by atoms with E-state index in [1.54, 1.807) is 37.3 Å². The highest BCUT2D eigenvalue weighted by molar-refractivity contribution is 7.90. The molecule has 1 atom stereocenters. The first kappa shape index (κ1) is 26.2. The molecule has 2 aromatic rings. The van der Waals surface area contributed by atoms with Gasteiger partial charge in [0, 0.05) is 13.1 Å². The summed E-state index contributed by atoms with van der Waals surface area (Å²) in [5.41, 5.74) is 0.730. The van der Waals surface area contributed by atoms with Crippen LogP contribution in [0, 0.1) is 5.92 Å². The van der Waals surface area contributed by atoms with Crippen LogP contribution in [0.2, 0.25) is 0 Å². The molecule has 1 aliphatic heterocycles. The maximum absolute atomic E-state index is 13.5. The van der Waals surface area contributed by atoms with Crippen molar-refractivity contribution in [2.75, 3.05) is 20.2 Å². The molecule has 2 aromatic carbocycles. The van der Waals surface area contributed by atoms with Crippen LogP contribution in [-0.4, -0.2) is 61.6 Å². The fraction of sp³-hybridized carbons (Fsp3) is 0.400. The third kappa shape index (κ3) is 5.64. The number of carbonyl (C=O) groups is 3. The van der Waals surface area contributed by atoms with Crippen molar-refractivity contribution in [3.8, 4) is 5.75 Å². The molecule has 0 fully saturated rings. The van der Waals surface area contributed by atoms with Gasteiger partial charge < -0.3 is 15.0 Å². The Labute approximate surface area is 206 Å². The second kappa shape index (κ2) is 10.9. The zero-order valence-electron chi connectivity index (χ0n) is 20.4. The van der Waals surface area contributed by atoms with E-state index in [0.717, 1.165) is 0 Å². The molecule has 188 valence electrons. The van der Waals surface area contributed by atoms with E-state index in [9.17, 15) is 22.8 Å². The lowest BCUT2D eigenvalue weighted by Gasteiger charge is -2.32. The number of ether oxygens (including phenoxy) is 1. The number of rotatable bonds is 10. The van der Waals surface area contributed by atoms with Gasteiger partial charge in [-0.05, 0) is 42.2 Å². The second-order valence-electron chi connectivity index (χ2n) is 8.75. The van der Waals surface area contributed by atoms with Gasteiger partial charge in [0.15, 0.2) is 0 Å². The molecule has 1 N–H and O–H groups in total. The van der Waals surface area contributed by atoms with Crippen molar-refractivity contribution < 1.29 is 27.5 Å².